The zero-order chi connectivity index (χ0) is 12.8. The standard InChI is InChI=1S/C15H12O3/c1-17-15(16)11-14-10-9-13(18-14)8-7-12-5-3-2-4-6-12/h2-6,9-10H,11H2,1H3. The Balaban J connectivity index is 2.08. The van der Waals surface area contributed by atoms with Crippen molar-refractivity contribution >= 4 is 5.97 Å². The summed E-state index contributed by atoms with van der Waals surface area (Å²) >= 11 is 0. The summed E-state index contributed by atoms with van der Waals surface area (Å²) in [6, 6.07) is 13.1. The zero-order valence-corrected chi connectivity index (χ0v) is 9.97. The van der Waals surface area contributed by atoms with Crippen LogP contribution in [0.15, 0.2) is 46.9 Å². The highest BCUT2D eigenvalue weighted by atomic mass is 16.5. The molecule has 0 unspecified atom stereocenters. The molecule has 0 bridgehead atoms. The minimum Gasteiger partial charge on any atom is -0.469 e. The summed E-state index contributed by atoms with van der Waals surface area (Å²) in [6.45, 7) is 0. The lowest BCUT2D eigenvalue weighted by molar-refractivity contribution is -0.140. The van der Waals surface area contributed by atoms with Crippen LogP contribution in [0.2, 0.25) is 0 Å². The van der Waals surface area contributed by atoms with Gasteiger partial charge in [-0.15, -0.1) is 0 Å². The van der Waals surface area contributed by atoms with Crippen LogP contribution >= 0.6 is 0 Å². The monoisotopic (exact) mass is 240 g/mol. The first-order chi connectivity index (χ1) is 8.78. The Morgan fingerprint density at radius 2 is 1.94 bits per heavy atom. The van der Waals surface area contributed by atoms with Gasteiger partial charge < -0.3 is 9.15 Å². The molecule has 0 saturated carbocycles. The second-order valence-corrected chi connectivity index (χ2v) is 3.63. The van der Waals surface area contributed by atoms with Gasteiger partial charge in [-0.25, -0.2) is 0 Å². The molecule has 0 saturated heterocycles. The van der Waals surface area contributed by atoms with Gasteiger partial charge in [-0.05, 0) is 30.2 Å². The fourth-order valence-electron chi connectivity index (χ4n) is 1.41. The molecule has 2 rings (SSSR count). The number of ether oxygens (including phenoxy) is 1. The molecule has 0 aliphatic rings. The van der Waals surface area contributed by atoms with Crippen molar-refractivity contribution in [1.29, 1.82) is 0 Å². The quantitative estimate of drug-likeness (QED) is 0.597. The van der Waals surface area contributed by atoms with Crippen molar-refractivity contribution in [2.45, 2.75) is 6.42 Å². The molecule has 0 aliphatic carbocycles. The predicted molar refractivity (Wildman–Crippen MR) is 66.9 cm³/mol. The number of rotatable bonds is 2. The molecule has 0 amide bonds. The Kier molecular flexibility index (Phi) is 3.83. The number of benzene rings is 1. The average molecular weight is 240 g/mol. The molecule has 90 valence electrons. The van der Waals surface area contributed by atoms with E-state index in [-0.39, 0.29) is 12.4 Å². The lowest BCUT2D eigenvalue weighted by atomic mass is 10.2. The molecule has 0 radical (unpaired) electrons. The topological polar surface area (TPSA) is 39.4 Å². The molecule has 3 heteroatoms. The second kappa shape index (κ2) is 5.74. The van der Waals surface area contributed by atoms with E-state index in [0.29, 0.717) is 11.5 Å². The van der Waals surface area contributed by atoms with Crippen molar-refractivity contribution in [1.82, 2.24) is 0 Å². The van der Waals surface area contributed by atoms with Crippen molar-refractivity contribution in [3.8, 4) is 11.8 Å². The third-order valence-corrected chi connectivity index (χ3v) is 2.31. The van der Waals surface area contributed by atoms with Crippen molar-refractivity contribution in [3.63, 3.8) is 0 Å². The van der Waals surface area contributed by atoms with Crippen LogP contribution in [-0.2, 0) is 16.0 Å². The van der Waals surface area contributed by atoms with E-state index < -0.39 is 0 Å². The first-order valence-corrected chi connectivity index (χ1v) is 5.50. The Labute approximate surface area is 105 Å². The third-order valence-electron chi connectivity index (χ3n) is 2.31. The fourth-order valence-corrected chi connectivity index (χ4v) is 1.41. The fraction of sp³-hybridized carbons (Fsp3) is 0.133. The summed E-state index contributed by atoms with van der Waals surface area (Å²) in [5.41, 5.74) is 0.920. The molecule has 0 fully saturated rings. The Hall–Kier alpha value is -2.47. The number of esters is 1. The van der Waals surface area contributed by atoms with E-state index in [2.05, 4.69) is 16.6 Å². The largest absolute Gasteiger partial charge is 0.469 e. The molecule has 2 aromatic rings. The van der Waals surface area contributed by atoms with Gasteiger partial charge in [0.1, 0.15) is 12.2 Å². The van der Waals surface area contributed by atoms with Crippen LogP contribution in [0.25, 0.3) is 0 Å². The molecule has 0 spiro atoms. The van der Waals surface area contributed by atoms with E-state index >= 15 is 0 Å². The van der Waals surface area contributed by atoms with Gasteiger partial charge in [0.2, 0.25) is 0 Å². The van der Waals surface area contributed by atoms with Crippen molar-refractivity contribution in [2.75, 3.05) is 7.11 Å². The van der Waals surface area contributed by atoms with Crippen LogP contribution in [0.3, 0.4) is 0 Å². The first kappa shape index (κ1) is 12.0. The van der Waals surface area contributed by atoms with Crippen LogP contribution in [-0.4, -0.2) is 13.1 Å². The summed E-state index contributed by atoms with van der Waals surface area (Å²) < 4.78 is 9.96. The minimum atomic E-state index is -0.327. The zero-order valence-electron chi connectivity index (χ0n) is 9.97. The molecule has 0 N–H and O–H groups in total. The second-order valence-electron chi connectivity index (χ2n) is 3.63. The van der Waals surface area contributed by atoms with Crippen molar-refractivity contribution < 1.29 is 13.9 Å². The Bertz CT molecular complexity index is 585. The Morgan fingerprint density at radius 1 is 1.17 bits per heavy atom. The normalized spacial score (nSPS) is 9.39. The van der Waals surface area contributed by atoms with Crippen LogP contribution in [0.4, 0.5) is 0 Å². The van der Waals surface area contributed by atoms with Crippen LogP contribution in [0.1, 0.15) is 17.1 Å². The maximum Gasteiger partial charge on any atom is 0.313 e. The maximum atomic E-state index is 11.1. The molecule has 18 heavy (non-hydrogen) atoms. The summed E-state index contributed by atoms with van der Waals surface area (Å²) in [5.74, 6) is 6.65. The van der Waals surface area contributed by atoms with Crippen LogP contribution in [0.5, 0.6) is 0 Å². The van der Waals surface area contributed by atoms with Gasteiger partial charge in [-0.3, -0.25) is 4.79 Å². The lowest BCUT2D eigenvalue weighted by Crippen LogP contribution is -2.03. The van der Waals surface area contributed by atoms with Crippen molar-refractivity contribution in [3.05, 3.63) is 59.5 Å². The van der Waals surface area contributed by atoms with Gasteiger partial charge in [0, 0.05) is 5.56 Å². The van der Waals surface area contributed by atoms with Crippen LogP contribution < -0.4 is 0 Å². The molecule has 1 aromatic heterocycles. The highest BCUT2D eigenvalue weighted by Crippen LogP contribution is 2.08. The highest BCUT2D eigenvalue weighted by Gasteiger charge is 2.06. The van der Waals surface area contributed by atoms with E-state index in [1.807, 2.05) is 30.3 Å². The number of hydrogen-bond donors (Lipinski definition) is 0. The van der Waals surface area contributed by atoms with Gasteiger partial charge in [0.25, 0.3) is 0 Å². The summed E-state index contributed by atoms with van der Waals surface area (Å²) in [6.07, 6.45) is 0.128. The molecule has 0 atom stereocenters. The van der Waals surface area contributed by atoms with Gasteiger partial charge in [0.15, 0.2) is 5.76 Å². The molecule has 1 aromatic carbocycles. The average Bonchev–Trinajstić information content (AvgIpc) is 2.85. The predicted octanol–water partition coefficient (Wildman–Crippen LogP) is 2.39. The number of carbonyl (C=O) groups is 1. The van der Waals surface area contributed by atoms with E-state index in [0.717, 1.165) is 5.56 Å². The van der Waals surface area contributed by atoms with Gasteiger partial charge in [-0.2, -0.15) is 0 Å². The highest BCUT2D eigenvalue weighted by molar-refractivity contribution is 5.71. The van der Waals surface area contributed by atoms with Gasteiger partial charge in [0.05, 0.1) is 7.11 Å². The number of hydrogen-bond acceptors (Lipinski definition) is 3. The molecule has 3 nitrogen and oxygen atoms in total. The summed E-state index contributed by atoms with van der Waals surface area (Å²) in [4.78, 5) is 11.1. The lowest BCUT2D eigenvalue weighted by Gasteiger charge is -1.93. The molecule has 1 heterocycles. The third kappa shape index (κ3) is 3.26. The van der Waals surface area contributed by atoms with E-state index in [1.54, 1.807) is 12.1 Å². The van der Waals surface area contributed by atoms with E-state index in [9.17, 15) is 4.79 Å². The Morgan fingerprint density at radius 3 is 2.67 bits per heavy atom. The summed E-state index contributed by atoms with van der Waals surface area (Å²) in [5, 5.41) is 0. The van der Waals surface area contributed by atoms with E-state index in [1.165, 1.54) is 7.11 Å². The number of methoxy groups -OCH3 is 1. The van der Waals surface area contributed by atoms with E-state index in [4.69, 9.17) is 4.42 Å². The number of carbonyl (C=O) groups excluding carboxylic acids is 1. The SMILES string of the molecule is COC(=O)Cc1ccc(C#Cc2ccccc2)o1. The molecule has 0 aliphatic heterocycles. The minimum absolute atomic E-state index is 0.128. The molecular weight excluding hydrogens is 228 g/mol. The maximum absolute atomic E-state index is 11.1. The van der Waals surface area contributed by atoms with Crippen molar-refractivity contribution in [2.24, 2.45) is 0 Å². The summed E-state index contributed by atoms with van der Waals surface area (Å²) in [7, 11) is 1.35. The smallest absolute Gasteiger partial charge is 0.313 e. The van der Waals surface area contributed by atoms with Gasteiger partial charge >= 0.3 is 5.97 Å². The van der Waals surface area contributed by atoms with Gasteiger partial charge in [-0.1, -0.05) is 24.1 Å². The van der Waals surface area contributed by atoms with Crippen LogP contribution in [0, 0.1) is 11.8 Å². The molecular formula is C15H12O3. The first-order valence-electron chi connectivity index (χ1n) is 5.50. The number of furan rings is 1.